The molecule has 2 N–H and O–H groups in total. The van der Waals surface area contributed by atoms with E-state index in [1.54, 1.807) is 0 Å². The number of tetrazole rings is 1. The van der Waals surface area contributed by atoms with Crippen LogP contribution in [-0.2, 0) is 26.1 Å². The number of imidazole rings is 1. The molecule has 0 saturated heterocycles. The summed E-state index contributed by atoms with van der Waals surface area (Å²) in [6, 6.07) is 8.36. The van der Waals surface area contributed by atoms with E-state index >= 15 is 0 Å². The van der Waals surface area contributed by atoms with E-state index in [0.29, 0.717) is 0 Å². The van der Waals surface area contributed by atoms with Gasteiger partial charge in [-0.1, -0.05) is 24.3 Å². The Hall–Kier alpha value is -2.74. The molecule has 1 aliphatic heterocycles. The van der Waals surface area contributed by atoms with Gasteiger partial charge in [0.25, 0.3) is 0 Å². The minimum absolute atomic E-state index is 0.758. The van der Waals surface area contributed by atoms with Crippen molar-refractivity contribution in [3.05, 3.63) is 53.2 Å². The summed E-state index contributed by atoms with van der Waals surface area (Å²) in [5.41, 5.74) is 3.74. The lowest BCUT2D eigenvalue weighted by Gasteiger charge is -2.16. The van der Waals surface area contributed by atoms with Gasteiger partial charge in [0.2, 0.25) is 0 Å². The van der Waals surface area contributed by atoms with Gasteiger partial charge in [-0.05, 0) is 34.9 Å². The fourth-order valence-corrected chi connectivity index (χ4v) is 3.15. The Kier molecular flexibility index (Phi) is 4.43. The summed E-state index contributed by atoms with van der Waals surface area (Å²) in [4.78, 5) is 4.42. The highest BCUT2D eigenvalue weighted by atomic mass is 15.5. The lowest BCUT2D eigenvalue weighted by molar-refractivity contribution is 0.492. The first kappa shape index (κ1) is 15.8. The van der Waals surface area contributed by atoms with E-state index in [1.165, 1.54) is 16.8 Å². The van der Waals surface area contributed by atoms with Crippen molar-refractivity contribution in [2.45, 2.75) is 39.4 Å². The van der Waals surface area contributed by atoms with Gasteiger partial charge in [0, 0.05) is 26.1 Å². The molecule has 8 heteroatoms. The van der Waals surface area contributed by atoms with Gasteiger partial charge in [-0.15, -0.1) is 5.10 Å². The van der Waals surface area contributed by atoms with Crippen LogP contribution in [0.3, 0.4) is 0 Å². The number of aromatic nitrogens is 6. The van der Waals surface area contributed by atoms with E-state index in [4.69, 9.17) is 0 Å². The number of benzene rings is 1. The molecule has 8 nitrogen and oxygen atoms in total. The van der Waals surface area contributed by atoms with Crippen LogP contribution in [0.25, 0.3) is 0 Å². The molecule has 0 radical (unpaired) electrons. The first-order valence-corrected chi connectivity index (χ1v) is 8.59. The average molecular weight is 338 g/mol. The van der Waals surface area contributed by atoms with E-state index in [1.807, 2.05) is 11.0 Å². The van der Waals surface area contributed by atoms with Crippen LogP contribution in [-0.4, -0.2) is 36.4 Å². The highest BCUT2D eigenvalue weighted by Crippen LogP contribution is 2.16. The van der Waals surface area contributed by atoms with Gasteiger partial charge in [-0.2, -0.15) is 0 Å². The maximum absolute atomic E-state index is 4.42. The highest BCUT2D eigenvalue weighted by molar-refractivity contribution is 5.42. The highest BCUT2D eigenvalue weighted by Gasteiger charge is 2.14. The van der Waals surface area contributed by atoms with Crippen molar-refractivity contribution in [2.24, 2.45) is 0 Å². The molecular formula is C17H22N8. The standard InChI is InChI=1S/C17H22N8/c1-13-5-2-3-6-14(13)9-16-21-22-23-25(16)8-4-7-24-12-20-17-15(24)10-18-11-19-17/h2-3,5-6,12,18-19H,4,7-11H2,1H3. The van der Waals surface area contributed by atoms with E-state index in [2.05, 4.69) is 66.9 Å². The van der Waals surface area contributed by atoms with Gasteiger partial charge in [-0.3, -0.25) is 5.32 Å². The zero-order chi connectivity index (χ0) is 17.1. The first-order valence-electron chi connectivity index (χ1n) is 8.59. The van der Waals surface area contributed by atoms with Crippen LogP contribution in [0.2, 0.25) is 0 Å². The molecule has 0 saturated carbocycles. The maximum Gasteiger partial charge on any atom is 0.155 e. The SMILES string of the molecule is Cc1ccccc1Cc1nnnn1CCCn1cnc2c1CNCN2. The Bertz CT molecular complexity index is 850. The van der Waals surface area contributed by atoms with Gasteiger partial charge in [-0.25, -0.2) is 9.67 Å². The molecule has 1 aromatic carbocycles. The third kappa shape index (κ3) is 3.39. The monoisotopic (exact) mass is 338 g/mol. The zero-order valence-electron chi connectivity index (χ0n) is 14.3. The second-order valence-electron chi connectivity index (χ2n) is 6.29. The Labute approximate surface area is 146 Å². The molecule has 3 aromatic rings. The zero-order valence-corrected chi connectivity index (χ0v) is 14.3. The molecule has 1 aliphatic rings. The molecule has 4 rings (SSSR count). The summed E-state index contributed by atoms with van der Waals surface area (Å²) < 4.78 is 4.10. The molecule has 0 fully saturated rings. The van der Waals surface area contributed by atoms with Gasteiger partial charge in [0.15, 0.2) is 5.82 Å². The first-order chi connectivity index (χ1) is 12.3. The predicted molar refractivity (Wildman–Crippen MR) is 94.0 cm³/mol. The number of hydrogen-bond acceptors (Lipinski definition) is 6. The third-order valence-corrected chi connectivity index (χ3v) is 4.60. The fraction of sp³-hybridized carbons (Fsp3) is 0.412. The summed E-state index contributed by atoms with van der Waals surface area (Å²) in [6.07, 6.45) is 3.61. The molecule has 0 aliphatic carbocycles. The lowest BCUT2D eigenvalue weighted by Crippen LogP contribution is -2.28. The normalized spacial score (nSPS) is 13.5. The van der Waals surface area contributed by atoms with Crippen molar-refractivity contribution in [2.75, 3.05) is 12.0 Å². The van der Waals surface area contributed by atoms with Gasteiger partial charge in [0.05, 0.1) is 18.7 Å². The van der Waals surface area contributed by atoms with Crippen molar-refractivity contribution >= 4 is 5.82 Å². The number of anilines is 1. The summed E-state index contributed by atoms with van der Waals surface area (Å²) in [6.45, 7) is 5.44. The predicted octanol–water partition coefficient (Wildman–Crippen LogP) is 1.33. The van der Waals surface area contributed by atoms with Crippen molar-refractivity contribution in [3.63, 3.8) is 0 Å². The Morgan fingerprint density at radius 1 is 1.20 bits per heavy atom. The Morgan fingerprint density at radius 2 is 2.12 bits per heavy atom. The van der Waals surface area contributed by atoms with Gasteiger partial charge >= 0.3 is 0 Å². The summed E-state index contributed by atoms with van der Waals surface area (Å²) >= 11 is 0. The number of aryl methyl sites for hydroxylation is 3. The van der Waals surface area contributed by atoms with Gasteiger partial charge in [0.1, 0.15) is 5.82 Å². The Balaban J connectivity index is 1.39. The Morgan fingerprint density at radius 3 is 3.04 bits per heavy atom. The molecule has 0 unspecified atom stereocenters. The van der Waals surface area contributed by atoms with Crippen molar-refractivity contribution < 1.29 is 0 Å². The van der Waals surface area contributed by atoms with Crippen molar-refractivity contribution in [1.29, 1.82) is 0 Å². The van der Waals surface area contributed by atoms with Crippen LogP contribution in [0.5, 0.6) is 0 Å². The number of nitrogens with zero attached hydrogens (tertiary/aromatic N) is 6. The van der Waals surface area contributed by atoms with Crippen LogP contribution in [0, 0.1) is 6.92 Å². The summed E-state index contributed by atoms with van der Waals surface area (Å²) in [5, 5.41) is 18.8. The molecule has 0 amide bonds. The molecule has 0 atom stereocenters. The topological polar surface area (TPSA) is 85.5 Å². The summed E-state index contributed by atoms with van der Waals surface area (Å²) in [7, 11) is 0. The average Bonchev–Trinajstić information content (AvgIpc) is 3.24. The minimum atomic E-state index is 0.758. The largest absolute Gasteiger partial charge is 0.356 e. The van der Waals surface area contributed by atoms with E-state index in [-0.39, 0.29) is 0 Å². The quantitative estimate of drug-likeness (QED) is 0.705. The second kappa shape index (κ2) is 7.02. The van der Waals surface area contributed by atoms with E-state index in [9.17, 15) is 0 Å². The maximum atomic E-state index is 4.42. The smallest absolute Gasteiger partial charge is 0.155 e. The van der Waals surface area contributed by atoms with Crippen LogP contribution in [0.4, 0.5) is 5.82 Å². The third-order valence-electron chi connectivity index (χ3n) is 4.60. The van der Waals surface area contributed by atoms with Crippen LogP contribution in [0.1, 0.15) is 29.1 Å². The number of nitrogens with one attached hydrogen (secondary N) is 2. The summed E-state index contributed by atoms with van der Waals surface area (Å²) in [5.74, 6) is 1.90. The van der Waals surface area contributed by atoms with Crippen LogP contribution >= 0.6 is 0 Å². The second-order valence-corrected chi connectivity index (χ2v) is 6.29. The number of fused-ring (bicyclic) bond motifs is 1. The number of rotatable bonds is 6. The van der Waals surface area contributed by atoms with Crippen molar-refractivity contribution in [3.8, 4) is 0 Å². The van der Waals surface area contributed by atoms with E-state index < -0.39 is 0 Å². The molecule has 2 aromatic heterocycles. The molecule has 3 heterocycles. The van der Waals surface area contributed by atoms with Crippen LogP contribution < -0.4 is 10.6 Å². The van der Waals surface area contributed by atoms with Gasteiger partial charge < -0.3 is 9.88 Å². The van der Waals surface area contributed by atoms with Crippen molar-refractivity contribution in [1.82, 2.24) is 35.1 Å². The fourth-order valence-electron chi connectivity index (χ4n) is 3.15. The van der Waals surface area contributed by atoms with Crippen LogP contribution in [0.15, 0.2) is 30.6 Å². The van der Waals surface area contributed by atoms with E-state index in [0.717, 1.165) is 50.8 Å². The number of hydrogen-bond donors (Lipinski definition) is 2. The molecule has 25 heavy (non-hydrogen) atoms. The molecular weight excluding hydrogens is 316 g/mol. The molecule has 130 valence electrons. The molecule has 0 spiro atoms. The molecule has 0 bridgehead atoms. The lowest BCUT2D eigenvalue weighted by atomic mass is 10.1. The minimum Gasteiger partial charge on any atom is -0.356 e.